The van der Waals surface area contributed by atoms with Crippen molar-refractivity contribution >= 4 is 48.7 Å². The van der Waals surface area contributed by atoms with Crippen molar-refractivity contribution in [3.63, 3.8) is 0 Å². The highest BCUT2D eigenvalue weighted by Gasteiger charge is 2.18. The maximum Gasteiger partial charge on any atom is 0.336 e. The van der Waals surface area contributed by atoms with E-state index in [9.17, 15) is 9.90 Å². The first-order valence-corrected chi connectivity index (χ1v) is 7.05. The van der Waals surface area contributed by atoms with Crippen molar-refractivity contribution in [2.24, 2.45) is 0 Å². The summed E-state index contributed by atoms with van der Waals surface area (Å²) in [4.78, 5) is 16.0. The molecule has 0 aliphatic rings. The second kappa shape index (κ2) is 4.97. The van der Waals surface area contributed by atoms with Crippen LogP contribution in [0.3, 0.4) is 0 Å². The van der Waals surface area contributed by atoms with E-state index in [-0.39, 0.29) is 0 Å². The molecule has 0 radical (unpaired) electrons. The normalized spacial score (nSPS) is 10.9. The van der Waals surface area contributed by atoms with Crippen molar-refractivity contribution < 1.29 is 9.90 Å². The van der Waals surface area contributed by atoms with E-state index in [1.165, 1.54) is 0 Å². The summed E-state index contributed by atoms with van der Waals surface area (Å²) in [6, 6.07) is 3.67. The summed E-state index contributed by atoms with van der Waals surface area (Å²) in [6.45, 7) is 3.79. The maximum absolute atomic E-state index is 11.5. The van der Waals surface area contributed by atoms with Gasteiger partial charge in [0.05, 0.1) is 11.1 Å². The highest BCUT2D eigenvalue weighted by molar-refractivity contribution is 9.11. The van der Waals surface area contributed by atoms with Crippen molar-refractivity contribution in [1.29, 1.82) is 0 Å². The van der Waals surface area contributed by atoms with Gasteiger partial charge in [0.1, 0.15) is 0 Å². The van der Waals surface area contributed by atoms with Crippen LogP contribution in [-0.4, -0.2) is 16.1 Å². The van der Waals surface area contributed by atoms with Crippen LogP contribution in [0.25, 0.3) is 10.9 Å². The number of carboxylic acids is 1. The highest BCUT2D eigenvalue weighted by Crippen LogP contribution is 2.32. The van der Waals surface area contributed by atoms with Crippen LogP contribution in [0.4, 0.5) is 0 Å². The fraction of sp³-hybridized carbons (Fsp3) is 0.231. The third-order valence-electron chi connectivity index (χ3n) is 2.88. The molecule has 1 N–H and O–H groups in total. The standard InChI is InChI=1S/C13H11Br2NO2/c1-3-8-6(2)16-12-9(11(8)13(17)18)4-7(14)5-10(12)15/h4-5H,3H2,1-2H3,(H,17,18). The van der Waals surface area contributed by atoms with Gasteiger partial charge in [0.25, 0.3) is 0 Å². The summed E-state index contributed by atoms with van der Waals surface area (Å²) in [5.74, 6) is -0.910. The molecule has 2 aromatic rings. The molecule has 2 rings (SSSR count). The molecule has 0 saturated carbocycles. The number of pyridine rings is 1. The Kier molecular flexibility index (Phi) is 3.73. The number of rotatable bonds is 2. The molecule has 3 nitrogen and oxygen atoms in total. The number of halogens is 2. The number of nitrogens with zero attached hydrogens (tertiary/aromatic N) is 1. The summed E-state index contributed by atoms with van der Waals surface area (Å²) >= 11 is 6.81. The van der Waals surface area contributed by atoms with Crippen molar-refractivity contribution in [1.82, 2.24) is 4.98 Å². The zero-order chi connectivity index (χ0) is 13.4. The van der Waals surface area contributed by atoms with E-state index in [0.29, 0.717) is 22.9 Å². The van der Waals surface area contributed by atoms with Crippen LogP contribution in [0.5, 0.6) is 0 Å². The fourth-order valence-corrected chi connectivity index (χ4v) is 3.44. The number of carbonyl (C=O) groups is 1. The van der Waals surface area contributed by atoms with E-state index in [4.69, 9.17) is 0 Å². The minimum absolute atomic E-state index is 0.349. The Hall–Kier alpha value is -0.940. The topological polar surface area (TPSA) is 50.2 Å². The molecule has 0 aliphatic heterocycles. The van der Waals surface area contributed by atoms with Gasteiger partial charge >= 0.3 is 5.97 Å². The molecule has 0 bridgehead atoms. The lowest BCUT2D eigenvalue weighted by molar-refractivity contribution is 0.0697. The van der Waals surface area contributed by atoms with Crippen LogP contribution in [0.15, 0.2) is 21.1 Å². The maximum atomic E-state index is 11.5. The summed E-state index contributed by atoms with van der Waals surface area (Å²) in [6.07, 6.45) is 0.653. The van der Waals surface area contributed by atoms with Crippen LogP contribution >= 0.6 is 31.9 Å². The van der Waals surface area contributed by atoms with Crippen LogP contribution in [0.1, 0.15) is 28.5 Å². The van der Waals surface area contributed by atoms with E-state index in [2.05, 4.69) is 36.8 Å². The zero-order valence-corrected chi connectivity index (χ0v) is 13.1. The van der Waals surface area contributed by atoms with Gasteiger partial charge in [-0.05, 0) is 47.0 Å². The van der Waals surface area contributed by atoms with Gasteiger partial charge < -0.3 is 5.11 Å². The lowest BCUT2D eigenvalue weighted by Gasteiger charge is -2.12. The van der Waals surface area contributed by atoms with Gasteiger partial charge in [-0.25, -0.2) is 4.79 Å². The molecule has 0 saturated heterocycles. The number of aromatic carboxylic acids is 1. The molecule has 0 unspecified atom stereocenters. The largest absolute Gasteiger partial charge is 0.478 e. The van der Waals surface area contributed by atoms with E-state index in [1.807, 2.05) is 19.9 Å². The average molecular weight is 373 g/mol. The number of hydrogen-bond donors (Lipinski definition) is 1. The number of aryl methyl sites for hydroxylation is 1. The first kappa shape index (κ1) is 13.5. The molecule has 1 aromatic heterocycles. The lowest BCUT2D eigenvalue weighted by atomic mass is 9.99. The Labute approximate surface area is 121 Å². The van der Waals surface area contributed by atoms with Crippen molar-refractivity contribution in [2.45, 2.75) is 20.3 Å². The summed E-state index contributed by atoms with van der Waals surface area (Å²) in [7, 11) is 0. The molecule has 94 valence electrons. The van der Waals surface area contributed by atoms with E-state index < -0.39 is 5.97 Å². The molecular formula is C13H11Br2NO2. The van der Waals surface area contributed by atoms with Gasteiger partial charge in [-0.15, -0.1) is 0 Å². The molecule has 1 aromatic carbocycles. The highest BCUT2D eigenvalue weighted by atomic mass is 79.9. The van der Waals surface area contributed by atoms with Crippen LogP contribution in [0.2, 0.25) is 0 Å². The summed E-state index contributed by atoms with van der Waals surface area (Å²) < 4.78 is 1.62. The predicted octanol–water partition coefficient (Wildman–Crippen LogP) is 4.33. The molecule has 0 spiro atoms. The minimum atomic E-state index is -0.910. The van der Waals surface area contributed by atoms with Gasteiger partial charge in [0.2, 0.25) is 0 Å². The molecule has 0 aliphatic carbocycles. The van der Waals surface area contributed by atoms with E-state index in [0.717, 1.165) is 20.2 Å². The smallest absolute Gasteiger partial charge is 0.336 e. The summed E-state index contributed by atoms with van der Waals surface area (Å²) in [5.41, 5.74) is 2.60. The number of carboxylic acid groups (broad SMARTS) is 1. The van der Waals surface area contributed by atoms with Crippen LogP contribution < -0.4 is 0 Å². The van der Waals surface area contributed by atoms with Crippen molar-refractivity contribution in [3.8, 4) is 0 Å². The van der Waals surface area contributed by atoms with Gasteiger partial charge in [-0.1, -0.05) is 22.9 Å². The zero-order valence-electron chi connectivity index (χ0n) is 9.92. The summed E-state index contributed by atoms with van der Waals surface area (Å²) in [5, 5.41) is 10.1. The fourth-order valence-electron chi connectivity index (χ4n) is 2.13. The van der Waals surface area contributed by atoms with E-state index >= 15 is 0 Å². The van der Waals surface area contributed by atoms with Crippen LogP contribution in [-0.2, 0) is 6.42 Å². The monoisotopic (exact) mass is 371 g/mol. The Balaban J connectivity index is 3.01. The second-order valence-corrected chi connectivity index (χ2v) is 5.76. The number of aromatic nitrogens is 1. The molecule has 0 fully saturated rings. The number of hydrogen-bond acceptors (Lipinski definition) is 2. The first-order valence-electron chi connectivity index (χ1n) is 5.47. The van der Waals surface area contributed by atoms with Gasteiger partial charge in [-0.2, -0.15) is 0 Å². The van der Waals surface area contributed by atoms with Gasteiger partial charge in [0, 0.05) is 20.0 Å². The quantitative estimate of drug-likeness (QED) is 0.853. The number of benzene rings is 1. The predicted molar refractivity (Wildman–Crippen MR) is 78.2 cm³/mol. The van der Waals surface area contributed by atoms with Gasteiger partial charge in [-0.3, -0.25) is 4.98 Å². The first-order chi connectivity index (χ1) is 8.45. The molecule has 1 heterocycles. The average Bonchev–Trinajstić information content (AvgIpc) is 2.28. The van der Waals surface area contributed by atoms with E-state index in [1.54, 1.807) is 6.07 Å². The Morgan fingerprint density at radius 3 is 2.61 bits per heavy atom. The third kappa shape index (κ3) is 2.17. The van der Waals surface area contributed by atoms with Crippen molar-refractivity contribution in [3.05, 3.63) is 37.9 Å². The SMILES string of the molecule is CCc1c(C)nc2c(Br)cc(Br)cc2c1C(=O)O. The second-order valence-electron chi connectivity index (χ2n) is 3.99. The Bertz CT molecular complexity index is 653. The Morgan fingerprint density at radius 1 is 1.39 bits per heavy atom. The molecular weight excluding hydrogens is 362 g/mol. The molecule has 18 heavy (non-hydrogen) atoms. The minimum Gasteiger partial charge on any atom is -0.478 e. The van der Waals surface area contributed by atoms with Crippen molar-refractivity contribution in [2.75, 3.05) is 0 Å². The third-order valence-corrected chi connectivity index (χ3v) is 3.95. The van der Waals surface area contributed by atoms with Gasteiger partial charge in [0.15, 0.2) is 0 Å². The Morgan fingerprint density at radius 2 is 2.06 bits per heavy atom. The molecule has 0 amide bonds. The number of fused-ring (bicyclic) bond motifs is 1. The molecule has 5 heteroatoms. The van der Waals surface area contributed by atoms with Crippen LogP contribution in [0, 0.1) is 6.92 Å². The lowest BCUT2D eigenvalue weighted by Crippen LogP contribution is -2.07. The molecule has 0 atom stereocenters.